The van der Waals surface area contributed by atoms with Gasteiger partial charge in [0.1, 0.15) is 0 Å². The number of nitrogens with one attached hydrogen (secondary N) is 1. The van der Waals surface area contributed by atoms with Crippen molar-refractivity contribution in [3.8, 4) is 0 Å². The van der Waals surface area contributed by atoms with Crippen molar-refractivity contribution in [1.82, 2.24) is 19.5 Å². The van der Waals surface area contributed by atoms with Crippen LogP contribution in [0.25, 0.3) is 5.70 Å². The summed E-state index contributed by atoms with van der Waals surface area (Å²) >= 11 is 0. The van der Waals surface area contributed by atoms with Gasteiger partial charge in [0, 0.05) is 30.7 Å². The molecule has 1 N–H and O–H groups in total. The van der Waals surface area contributed by atoms with E-state index in [0.717, 1.165) is 16.8 Å². The van der Waals surface area contributed by atoms with Crippen LogP contribution < -0.4 is 5.32 Å². The predicted octanol–water partition coefficient (Wildman–Crippen LogP) is 6.25. The molecule has 0 bridgehead atoms. The van der Waals surface area contributed by atoms with Gasteiger partial charge in [-0.2, -0.15) is 0 Å². The highest BCUT2D eigenvalue weighted by molar-refractivity contribution is 5.68. The zero-order valence-electron chi connectivity index (χ0n) is 19.5. The molecule has 2 aromatic heterocycles. The average Bonchev–Trinajstić information content (AvgIpc) is 3.28. The number of aromatic nitrogens is 4. The molecule has 0 aromatic carbocycles. The zero-order valence-corrected chi connectivity index (χ0v) is 19.5. The maximum atomic E-state index is 4.33. The maximum absolute atomic E-state index is 4.33. The van der Waals surface area contributed by atoms with Gasteiger partial charge >= 0.3 is 0 Å². The van der Waals surface area contributed by atoms with E-state index in [1.807, 2.05) is 65.1 Å². The van der Waals surface area contributed by atoms with Gasteiger partial charge in [0.15, 0.2) is 0 Å². The van der Waals surface area contributed by atoms with Crippen LogP contribution in [0.5, 0.6) is 0 Å². The summed E-state index contributed by atoms with van der Waals surface area (Å²) in [6, 6.07) is 0. The smallest absolute Gasteiger partial charge is 0.222 e. The van der Waals surface area contributed by atoms with Crippen LogP contribution in [0.1, 0.15) is 45.9 Å². The molecule has 6 nitrogen and oxygen atoms in total. The summed E-state index contributed by atoms with van der Waals surface area (Å²) < 4.78 is 2.06. The lowest BCUT2D eigenvalue weighted by molar-refractivity contribution is 0.747. The first-order valence-electron chi connectivity index (χ1n) is 10.5. The Balaban J connectivity index is 0.00000212. The first-order valence-corrected chi connectivity index (χ1v) is 10.5. The zero-order chi connectivity index (χ0) is 23.5. The number of hydrogen-bond acceptors (Lipinski definition) is 5. The van der Waals surface area contributed by atoms with Crippen molar-refractivity contribution in [2.45, 2.75) is 47.7 Å². The molecule has 0 amide bonds. The van der Waals surface area contributed by atoms with Crippen LogP contribution in [0.2, 0.25) is 0 Å². The first-order chi connectivity index (χ1) is 15.2. The van der Waals surface area contributed by atoms with Crippen LogP contribution in [-0.2, 0) is 13.1 Å². The molecular weight excluding hydrogens is 384 g/mol. The minimum absolute atomic E-state index is 0.530. The van der Waals surface area contributed by atoms with Crippen LogP contribution in [0, 0.1) is 0 Å². The Hall–Kier alpha value is -3.54. The van der Waals surface area contributed by atoms with Crippen molar-refractivity contribution < 1.29 is 0 Å². The average molecular weight is 421 g/mol. The van der Waals surface area contributed by atoms with E-state index in [9.17, 15) is 0 Å². The lowest BCUT2D eigenvalue weighted by Gasteiger charge is -2.10. The van der Waals surface area contributed by atoms with Gasteiger partial charge in [-0.15, -0.1) is 0 Å². The highest BCUT2D eigenvalue weighted by Gasteiger charge is 2.05. The minimum atomic E-state index is 0.530. The summed E-state index contributed by atoms with van der Waals surface area (Å²) in [4.78, 5) is 16.8. The highest BCUT2D eigenvalue weighted by Crippen LogP contribution is 2.14. The van der Waals surface area contributed by atoms with Gasteiger partial charge in [-0.05, 0) is 25.3 Å². The summed E-state index contributed by atoms with van der Waals surface area (Å²) in [6.45, 7) is 22.3. The monoisotopic (exact) mass is 420 g/mol. The normalized spacial score (nSPS) is 11.0. The summed E-state index contributed by atoms with van der Waals surface area (Å²) in [7, 11) is 0. The SMILES string of the molecule is C=C/C=C(\N=C)c1cnc(NCc2cncn2C/C(C=C)=C/C=C\C)nc1.CC.CC. The molecule has 2 rings (SSSR count). The Morgan fingerprint density at radius 1 is 1.10 bits per heavy atom. The van der Waals surface area contributed by atoms with Crippen molar-refractivity contribution in [3.63, 3.8) is 0 Å². The Labute approximate surface area is 187 Å². The lowest BCUT2D eigenvalue weighted by atomic mass is 10.2. The van der Waals surface area contributed by atoms with Gasteiger partial charge in [0.25, 0.3) is 0 Å². The fourth-order valence-corrected chi connectivity index (χ4v) is 2.31. The third kappa shape index (κ3) is 9.67. The van der Waals surface area contributed by atoms with E-state index in [4.69, 9.17) is 0 Å². The number of aliphatic imine (C=N–C) groups is 1. The van der Waals surface area contributed by atoms with Crippen LogP contribution in [0.3, 0.4) is 0 Å². The van der Waals surface area contributed by atoms with E-state index in [1.165, 1.54) is 0 Å². The fraction of sp³-hybridized carbons (Fsp3) is 0.280. The fourth-order valence-electron chi connectivity index (χ4n) is 2.31. The van der Waals surface area contributed by atoms with Gasteiger partial charge in [-0.25, -0.2) is 15.0 Å². The van der Waals surface area contributed by atoms with Gasteiger partial charge in [0.05, 0.1) is 24.3 Å². The first kappa shape index (κ1) is 27.5. The Morgan fingerprint density at radius 3 is 2.32 bits per heavy atom. The molecule has 166 valence electrons. The second-order valence-corrected chi connectivity index (χ2v) is 5.58. The molecule has 0 spiro atoms. The van der Waals surface area contributed by atoms with E-state index >= 15 is 0 Å². The molecule has 0 aliphatic carbocycles. The van der Waals surface area contributed by atoms with E-state index in [-0.39, 0.29) is 0 Å². The van der Waals surface area contributed by atoms with E-state index < -0.39 is 0 Å². The molecule has 2 aromatic rings. The Kier molecular flexibility index (Phi) is 15.4. The van der Waals surface area contributed by atoms with Crippen molar-refractivity contribution in [2.75, 3.05) is 5.32 Å². The number of hydrogen-bond donors (Lipinski definition) is 1. The van der Waals surface area contributed by atoms with Gasteiger partial charge in [-0.1, -0.05) is 71.2 Å². The second kappa shape index (κ2) is 17.3. The topological polar surface area (TPSA) is 68.0 Å². The van der Waals surface area contributed by atoms with Crippen LogP contribution in [0.15, 0.2) is 85.1 Å². The molecule has 0 atom stereocenters. The Morgan fingerprint density at radius 2 is 1.77 bits per heavy atom. The summed E-state index contributed by atoms with van der Waals surface area (Å²) in [5, 5.41) is 3.21. The molecule has 0 fully saturated rings. The van der Waals surface area contributed by atoms with Crippen molar-refractivity contribution in [1.29, 1.82) is 0 Å². The number of rotatable bonds is 10. The largest absolute Gasteiger partial charge is 0.349 e. The summed E-state index contributed by atoms with van der Waals surface area (Å²) in [5.41, 5.74) is 3.59. The third-order valence-corrected chi connectivity index (χ3v) is 3.74. The molecular formula is C25H36N6. The van der Waals surface area contributed by atoms with E-state index in [1.54, 1.807) is 30.9 Å². The molecule has 0 saturated carbocycles. The molecule has 2 heterocycles. The molecule has 0 radical (unpaired) electrons. The number of allylic oxidation sites excluding steroid dienone is 7. The van der Waals surface area contributed by atoms with Crippen LogP contribution in [0.4, 0.5) is 5.95 Å². The number of imidazole rings is 1. The number of anilines is 1. The van der Waals surface area contributed by atoms with Crippen LogP contribution >= 0.6 is 0 Å². The molecule has 0 aliphatic rings. The molecule has 0 aliphatic heterocycles. The van der Waals surface area contributed by atoms with Gasteiger partial charge < -0.3 is 9.88 Å². The molecule has 0 unspecified atom stereocenters. The maximum Gasteiger partial charge on any atom is 0.222 e. The minimum Gasteiger partial charge on any atom is -0.349 e. The summed E-state index contributed by atoms with van der Waals surface area (Å²) in [6.07, 6.45) is 18.3. The van der Waals surface area contributed by atoms with Gasteiger partial charge in [0.2, 0.25) is 5.95 Å². The summed E-state index contributed by atoms with van der Waals surface area (Å²) in [5.74, 6) is 0.530. The van der Waals surface area contributed by atoms with E-state index in [2.05, 4.69) is 49.7 Å². The van der Waals surface area contributed by atoms with E-state index in [0.29, 0.717) is 24.7 Å². The molecule has 6 heteroatoms. The molecule has 31 heavy (non-hydrogen) atoms. The van der Waals surface area contributed by atoms with Crippen LogP contribution in [-0.4, -0.2) is 26.2 Å². The third-order valence-electron chi connectivity index (χ3n) is 3.74. The Bertz CT molecular complexity index is 870. The number of nitrogens with zero attached hydrogens (tertiary/aromatic N) is 5. The van der Waals surface area contributed by atoms with Crippen molar-refractivity contribution in [3.05, 3.63) is 91.4 Å². The van der Waals surface area contributed by atoms with Crippen molar-refractivity contribution >= 4 is 18.4 Å². The lowest BCUT2D eigenvalue weighted by Crippen LogP contribution is -2.09. The predicted molar refractivity (Wildman–Crippen MR) is 135 cm³/mol. The second-order valence-electron chi connectivity index (χ2n) is 5.58. The highest BCUT2D eigenvalue weighted by atomic mass is 15.1. The molecule has 0 saturated heterocycles. The standard InChI is InChI=1S/C21H24N6.2C2H6/c1-5-8-10-17(7-3)15-27-16-23-13-19(27)14-26-21-24-11-18(12-25-21)20(22-4)9-6-2;2*1-2/h5-13,16H,2-4,14-15H2,1H3,(H,24,25,26);2*1-2H3/b8-5-,17-10+,20-9-;;. The van der Waals surface area contributed by atoms with Crippen molar-refractivity contribution in [2.24, 2.45) is 4.99 Å². The van der Waals surface area contributed by atoms with Gasteiger partial charge in [-0.3, -0.25) is 4.99 Å². The quantitative estimate of drug-likeness (QED) is 0.364.